The maximum absolute atomic E-state index is 12.2. The number of rotatable bonds is 5. The second-order valence-electron chi connectivity index (χ2n) is 5.36. The molecule has 1 aromatic heterocycles. The van der Waals surface area contributed by atoms with Gasteiger partial charge in [-0.2, -0.15) is 5.10 Å². The van der Waals surface area contributed by atoms with Gasteiger partial charge in [0, 0.05) is 11.1 Å². The minimum atomic E-state index is -0.483. The highest BCUT2D eigenvalue weighted by molar-refractivity contribution is 5.99. The van der Waals surface area contributed by atoms with Gasteiger partial charge in [-0.15, -0.1) is 0 Å². The van der Waals surface area contributed by atoms with Crippen LogP contribution in [-0.4, -0.2) is 40.8 Å². The van der Waals surface area contributed by atoms with Gasteiger partial charge in [0.05, 0.1) is 19.9 Å². The van der Waals surface area contributed by atoms with Crippen LogP contribution in [0.4, 0.5) is 0 Å². The quantitative estimate of drug-likeness (QED) is 0.660. The summed E-state index contributed by atoms with van der Waals surface area (Å²) in [6, 6.07) is 11.4. The third-order valence-electron chi connectivity index (χ3n) is 3.75. The largest absolute Gasteiger partial charge is 0.493 e. The van der Waals surface area contributed by atoms with Crippen LogP contribution in [-0.2, 0) is 0 Å². The Labute approximate surface area is 154 Å². The lowest BCUT2D eigenvalue weighted by Crippen LogP contribution is -2.41. The predicted molar refractivity (Wildman–Crippen MR) is 95.8 cm³/mol. The Balaban J connectivity index is 1.62. The molecule has 3 rings (SSSR count). The van der Waals surface area contributed by atoms with E-state index < -0.39 is 11.8 Å². The van der Waals surface area contributed by atoms with Crippen molar-refractivity contribution < 1.29 is 19.1 Å². The van der Waals surface area contributed by atoms with Crippen molar-refractivity contribution in [2.24, 2.45) is 0 Å². The van der Waals surface area contributed by atoms with Crippen LogP contribution in [0, 0.1) is 0 Å². The molecule has 0 spiro atoms. The molecule has 0 saturated carbocycles. The van der Waals surface area contributed by atoms with Gasteiger partial charge in [-0.25, -0.2) is 9.67 Å². The highest BCUT2D eigenvalue weighted by Gasteiger charge is 2.12. The maximum atomic E-state index is 12.2. The molecule has 0 fully saturated rings. The van der Waals surface area contributed by atoms with Crippen molar-refractivity contribution in [2.75, 3.05) is 14.2 Å². The standard InChI is InChI=1S/C18H17N5O4/c1-26-15-8-5-13(9-16(15)27-2)18(25)22-21-17(24)12-3-6-14(7-4-12)23-11-19-10-20-23/h3-11H,1-2H3,(H,21,24)(H,22,25). The molecule has 138 valence electrons. The second-order valence-corrected chi connectivity index (χ2v) is 5.36. The van der Waals surface area contributed by atoms with Crippen molar-refractivity contribution in [3.05, 3.63) is 66.2 Å². The molecule has 0 atom stereocenters. The molecule has 0 aliphatic carbocycles. The molecule has 2 N–H and O–H groups in total. The number of carbonyl (C=O) groups excluding carboxylic acids is 2. The minimum Gasteiger partial charge on any atom is -0.493 e. The number of amides is 2. The normalized spacial score (nSPS) is 10.1. The lowest BCUT2D eigenvalue weighted by Gasteiger charge is -2.11. The SMILES string of the molecule is COc1ccc(C(=O)NNC(=O)c2ccc(-n3cncn3)cc2)cc1OC. The van der Waals surface area contributed by atoms with Gasteiger partial charge in [-0.1, -0.05) is 0 Å². The molecule has 3 aromatic rings. The predicted octanol–water partition coefficient (Wildman–Crippen LogP) is 1.36. The molecular weight excluding hydrogens is 350 g/mol. The fourth-order valence-corrected chi connectivity index (χ4v) is 2.34. The Bertz CT molecular complexity index is 939. The van der Waals surface area contributed by atoms with Gasteiger partial charge < -0.3 is 9.47 Å². The molecule has 9 heteroatoms. The Kier molecular flexibility index (Phi) is 5.31. The van der Waals surface area contributed by atoms with Crippen molar-refractivity contribution in [3.63, 3.8) is 0 Å². The number of aromatic nitrogens is 3. The summed E-state index contributed by atoms with van der Waals surface area (Å²) in [7, 11) is 2.98. The van der Waals surface area contributed by atoms with E-state index in [0.717, 1.165) is 5.69 Å². The van der Waals surface area contributed by atoms with E-state index in [-0.39, 0.29) is 0 Å². The summed E-state index contributed by atoms with van der Waals surface area (Å²) < 4.78 is 11.9. The van der Waals surface area contributed by atoms with Crippen molar-refractivity contribution in [2.45, 2.75) is 0 Å². The van der Waals surface area contributed by atoms with Gasteiger partial charge in [0.1, 0.15) is 12.7 Å². The summed E-state index contributed by atoms with van der Waals surface area (Å²) >= 11 is 0. The van der Waals surface area contributed by atoms with Gasteiger partial charge in [-0.05, 0) is 42.5 Å². The average molecular weight is 367 g/mol. The molecule has 0 radical (unpaired) electrons. The van der Waals surface area contributed by atoms with E-state index in [1.54, 1.807) is 47.4 Å². The van der Waals surface area contributed by atoms with Crippen LogP contribution in [0.1, 0.15) is 20.7 Å². The number of hydrogen-bond donors (Lipinski definition) is 2. The molecule has 9 nitrogen and oxygen atoms in total. The number of benzene rings is 2. The number of nitrogens with zero attached hydrogens (tertiary/aromatic N) is 3. The first kappa shape index (κ1) is 17.9. The first-order valence-corrected chi connectivity index (χ1v) is 7.90. The van der Waals surface area contributed by atoms with Crippen LogP contribution in [0.3, 0.4) is 0 Å². The minimum absolute atomic E-state index is 0.314. The second kappa shape index (κ2) is 8.00. The Hall–Kier alpha value is -3.88. The number of ether oxygens (including phenoxy) is 2. The van der Waals surface area contributed by atoms with Gasteiger partial charge in [0.2, 0.25) is 0 Å². The third-order valence-corrected chi connectivity index (χ3v) is 3.75. The summed E-state index contributed by atoms with van der Waals surface area (Å²) in [6.45, 7) is 0. The Morgan fingerprint density at radius 2 is 1.52 bits per heavy atom. The van der Waals surface area contributed by atoms with Gasteiger partial charge in [-0.3, -0.25) is 20.4 Å². The summed E-state index contributed by atoms with van der Waals surface area (Å²) in [5, 5.41) is 4.01. The van der Waals surface area contributed by atoms with Crippen LogP contribution < -0.4 is 20.3 Å². The fourth-order valence-electron chi connectivity index (χ4n) is 2.34. The topological polar surface area (TPSA) is 107 Å². The molecule has 2 aromatic carbocycles. The molecule has 1 heterocycles. The number of methoxy groups -OCH3 is 2. The number of nitrogens with one attached hydrogen (secondary N) is 2. The molecule has 2 amide bonds. The summed E-state index contributed by atoms with van der Waals surface area (Å²) in [5.41, 5.74) is 6.20. The average Bonchev–Trinajstić information content (AvgIpc) is 3.26. The highest BCUT2D eigenvalue weighted by atomic mass is 16.5. The zero-order valence-electron chi connectivity index (χ0n) is 14.7. The molecule has 0 unspecified atom stereocenters. The number of hydrazine groups is 1. The van der Waals surface area contributed by atoms with E-state index in [0.29, 0.717) is 22.6 Å². The van der Waals surface area contributed by atoms with E-state index in [4.69, 9.17) is 9.47 Å². The van der Waals surface area contributed by atoms with Crippen molar-refractivity contribution >= 4 is 11.8 Å². The molecule has 27 heavy (non-hydrogen) atoms. The molecule has 0 saturated heterocycles. The Morgan fingerprint density at radius 1 is 0.889 bits per heavy atom. The monoisotopic (exact) mass is 367 g/mol. The summed E-state index contributed by atoms with van der Waals surface area (Å²) in [6.07, 6.45) is 2.97. The molecule has 0 bridgehead atoms. The number of carbonyl (C=O) groups is 2. The highest BCUT2D eigenvalue weighted by Crippen LogP contribution is 2.27. The first-order chi connectivity index (χ1) is 13.1. The van der Waals surface area contributed by atoms with E-state index in [2.05, 4.69) is 20.9 Å². The van der Waals surface area contributed by atoms with Crippen molar-refractivity contribution in [1.29, 1.82) is 0 Å². The fraction of sp³-hybridized carbons (Fsp3) is 0.111. The smallest absolute Gasteiger partial charge is 0.269 e. The van der Waals surface area contributed by atoms with Gasteiger partial charge in [0.15, 0.2) is 11.5 Å². The van der Waals surface area contributed by atoms with E-state index in [1.807, 2.05) is 0 Å². The maximum Gasteiger partial charge on any atom is 0.269 e. The van der Waals surface area contributed by atoms with Crippen LogP contribution in [0.5, 0.6) is 11.5 Å². The van der Waals surface area contributed by atoms with Crippen LogP contribution in [0.2, 0.25) is 0 Å². The van der Waals surface area contributed by atoms with Crippen LogP contribution in [0.15, 0.2) is 55.1 Å². The molecule has 0 aliphatic rings. The lowest BCUT2D eigenvalue weighted by atomic mass is 10.2. The van der Waals surface area contributed by atoms with Crippen LogP contribution in [0.25, 0.3) is 5.69 Å². The van der Waals surface area contributed by atoms with Crippen molar-refractivity contribution in [3.8, 4) is 17.2 Å². The molecule has 0 aliphatic heterocycles. The summed E-state index contributed by atoms with van der Waals surface area (Å²) in [4.78, 5) is 28.3. The Morgan fingerprint density at radius 3 is 2.11 bits per heavy atom. The van der Waals surface area contributed by atoms with E-state index >= 15 is 0 Å². The van der Waals surface area contributed by atoms with E-state index in [1.165, 1.54) is 26.6 Å². The lowest BCUT2D eigenvalue weighted by molar-refractivity contribution is 0.0846. The van der Waals surface area contributed by atoms with Crippen LogP contribution >= 0.6 is 0 Å². The van der Waals surface area contributed by atoms with E-state index in [9.17, 15) is 9.59 Å². The zero-order valence-corrected chi connectivity index (χ0v) is 14.7. The number of hydrogen-bond acceptors (Lipinski definition) is 6. The van der Waals surface area contributed by atoms with Crippen molar-refractivity contribution in [1.82, 2.24) is 25.6 Å². The first-order valence-electron chi connectivity index (χ1n) is 7.90. The third kappa shape index (κ3) is 4.03. The van der Waals surface area contributed by atoms with Gasteiger partial charge >= 0.3 is 0 Å². The molecular formula is C18H17N5O4. The zero-order chi connectivity index (χ0) is 19.2. The summed E-state index contributed by atoms with van der Waals surface area (Å²) in [5.74, 6) is -0.0109. The van der Waals surface area contributed by atoms with Gasteiger partial charge in [0.25, 0.3) is 11.8 Å².